The van der Waals surface area contributed by atoms with Gasteiger partial charge in [0, 0.05) is 38.4 Å². The highest BCUT2D eigenvalue weighted by molar-refractivity contribution is 5.74. The monoisotopic (exact) mass is 306 g/mol. The molecule has 0 aliphatic carbocycles. The summed E-state index contributed by atoms with van der Waals surface area (Å²) in [6, 6.07) is 6.06. The van der Waals surface area contributed by atoms with E-state index >= 15 is 0 Å². The van der Waals surface area contributed by atoms with Crippen molar-refractivity contribution >= 4 is 11.8 Å². The number of carbonyl (C=O) groups excluding carboxylic acids is 1. The van der Waals surface area contributed by atoms with Gasteiger partial charge in [-0.05, 0) is 31.4 Å². The van der Waals surface area contributed by atoms with Gasteiger partial charge < -0.3 is 20.2 Å². The van der Waals surface area contributed by atoms with E-state index in [0.29, 0.717) is 13.1 Å². The zero-order valence-corrected chi connectivity index (χ0v) is 13.2. The van der Waals surface area contributed by atoms with E-state index in [9.17, 15) is 4.79 Å². The van der Waals surface area contributed by atoms with Crippen LogP contribution < -0.4 is 10.2 Å². The fourth-order valence-electron chi connectivity index (χ4n) is 2.77. The first kappa shape index (κ1) is 16.5. The van der Waals surface area contributed by atoms with Gasteiger partial charge in [0.05, 0.1) is 6.61 Å². The third kappa shape index (κ3) is 4.59. The summed E-state index contributed by atoms with van der Waals surface area (Å²) in [5, 5.41) is 12.1. The summed E-state index contributed by atoms with van der Waals surface area (Å²) in [6.07, 6.45) is 4.54. The van der Waals surface area contributed by atoms with Crippen LogP contribution in [0.5, 0.6) is 0 Å². The number of rotatable bonds is 6. The van der Waals surface area contributed by atoms with Gasteiger partial charge in [0.1, 0.15) is 5.82 Å². The minimum absolute atomic E-state index is 0.00550. The van der Waals surface area contributed by atoms with Crippen LogP contribution in [0.15, 0.2) is 24.4 Å². The van der Waals surface area contributed by atoms with E-state index in [1.165, 1.54) is 0 Å². The molecule has 0 bridgehead atoms. The SMILES string of the molecule is CCCN(CCO)C(=O)NC1CCN(c2ccccn2)CC1. The minimum atomic E-state index is -0.0628. The van der Waals surface area contributed by atoms with Crippen LogP contribution in [-0.4, -0.2) is 59.8 Å². The van der Waals surface area contributed by atoms with E-state index in [-0.39, 0.29) is 18.7 Å². The molecular weight excluding hydrogens is 280 g/mol. The second-order valence-electron chi connectivity index (χ2n) is 5.61. The number of amides is 2. The maximum absolute atomic E-state index is 12.2. The molecule has 6 nitrogen and oxygen atoms in total. The standard InChI is InChI=1S/C16H26N4O2/c1-2-9-20(12-13-21)16(22)18-14-6-10-19(11-7-14)15-5-3-4-8-17-15/h3-5,8,14,21H,2,6-7,9-13H2,1H3,(H,18,22). The number of pyridine rings is 1. The van der Waals surface area contributed by atoms with Crippen molar-refractivity contribution in [3.05, 3.63) is 24.4 Å². The Hall–Kier alpha value is -1.82. The lowest BCUT2D eigenvalue weighted by Gasteiger charge is -2.34. The molecule has 122 valence electrons. The molecule has 1 aromatic rings. The topological polar surface area (TPSA) is 68.7 Å². The summed E-state index contributed by atoms with van der Waals surface area (Å²) in [5.41, 5.74) is 0. The first-order valence-electron chi connectivity index (χ1n) is 8.07. The van der Waals surface area contributed by atoms with E-state index in [0.717, 1.165) is 38.2 Å². The van der Waals surface area contributed by atoms with Gasteiger partial charge in [-0.15, -0.1) is 0 Å². The molecule has 2 N–H and O–H groups in total. The van der Waals surface area contributed by atoms with E-state index in [4.69, 9.17) is 5.11 Å². The van der Waals surface area contributed by atoms with Gasteiger partial charge in [0.2, 0.25) is 0 Å². The molecule has 0 radical (unpaired) electrons. The third-order valence-electron chi connectivity index (χ3n) is 3.95. The Morgan fingerprint density at radius 2 is 2.18 bits per heavy atom. The van der Waals surface area contributed by atoms with Gasteiger partial charge in [-0.25, -0.2) is 9.78 Å². The van der Waals surface area contributed by atoms with Crippen LogP contribution in [0.2, 0.25) is 0 Å². The average Bonchev–Trinajstić information content (AvgIpc) is 2.56. The number of hydrogen-bond donors (Lipinski definition) is 2. The molecule has 0 aromatic carbocycles. The highest BCUT2D eigenvalue weighted by Gasteiger charge is 2.23. The van der Waals surface area contributed by atoms with Crippen LogP contribution in [0.1, 0.15) is 26.2 Å². The molecule has 1 aromatic heterocycles. The van der Waals surface area contributed by atoms with Crippen LogP contribution in [-0.2, 0) is 0 Å². The van der Waals surface area contributed by atoms with Crippen LogP contribution in [0, 0.1) is 0 Å². The number of aliphatic hydroxyl groups excluding tert-OH is 1. The van der Waals surface area contributed by atoms with Crippen molar-refractivity contribution in [2.45, 2.75) is 32.2 Å². The highest BCUT2D eigenvalue weighted by Crippen LogP contribution is 2.17. The Morgan fingerprint density at radius 1 is 1.41 bits per heavy atom. The van der Waals surface area contributed by atoms with Gasteiger partial charge in [0.15, 0.2) is 0 Å². The van der Waals surface area contributed by atoms with E-state index in [1.54, 1.807) is 11.1 Å². The Bertz CT molecular complexity index is 441. The molecule has 22 heavy (non-hydrogen) atoms. The highest BCUT2D eigenvalue weighted by atomic mass is 16.3. The molecule has 0 atom stereocenters. The summed E-state index contributed by atoms with van der Waals surface area (Å²) in [6.45, 7) is 4.91. The molecule has 0 unspecified atom stereocenters. The second kappa shape index (κ2) is 8.58. The lowest BCUT2D eigenvalue weighted by molar-refractivity contribution is 0.172. The number of hydrogen-bond acceptors (Lipinski definition) is 4. The average molecular weight is 306 g/mol. The fourth-order valence-corrected chi connectivity index (χ4v) is 2.77. The molecule has 0 spiro atoms. The summed E-state index contributed by atoms with van der Waals surface area (Å²) in [5.74, 6) is 1.00. The Morgan fingerprint density at radius 3 is 2.77 bits per heavy atom. The number of nitrogens with one attached hydrogen (secondary N) is 1. The lowest BCUT2D eigenvalue weighted by atomic mass is 10.1. The van der Waals surface area contributed by atoms with Crippen LogP contribution in [0.3, 0.4) is 0 Å². The summed E-state index contributed by atoms with van der Waals surface area (Å²) < 4.78 is 0. The number of urea groups is 1. The normalized spacial score (nSPS) is 15.6. The van der Waals surface area contributed by atoms with E-state index < -0.39 is 0 Å². The van der Waals surface area contributed by atoms with Crippen LogP contribution >= 0.6 is 0 Å². The number of anilines is 1. The molecule has 1 aliphatic heterocycles. The number of nitrogens with zero attached hydrogens (tertiary/aromatic N) is 3. The zero-order valence-electron chi connectivity index (χ0n) is 13.2. The van der Waals surface area contributed by atoms with Gasteiger partial charge in [-0.3, -0.25) is 0 Å². The van der Waals surface area contributed by atoms with Crippen molar-refractivity contribution < 1.29 is 9.90 Å². The van der Waals surface area contributed by atoms with E-state index in [1.807, 2.05) is 25.1 Å². The number of carbonyl (C=O) groups is 1. The first-order chi connectivity index (χ1) is 10.7. The molecule has 2 heterocycles. The van der Waals surface area contributed by atoms with Crippen molar-refractivity contribution in [2.24, 2.45) is 0 Å². The molecule has 0 saturated carbocycles. The first-order valence-corrected chi connectivity index (χ1v) is 8.07. The molecule has 1 fully saturated rings. The zero-order chi connectivity index (χ0) is 15.8. The largest absolute Gasteiger partial charge is 0.395 e. The Labute approximate surface area is 132 Å². The second-order valence-corrected chi connectivity index (χ2v) is 5.61. The van der Waals surface area contributed by atoms with Gasteiger partial charge in [0.25, 0.3) is 0 Å². The van der Waals surface area contributed by atoms with Crippen molar-refractivity contribution in [2.75, 3.05) is 37.7 Å². The van der Waals surface area contributed by atoms with Gasteiger partial charge in [-0.1, -0.05) is 13.0 Å². The lowest BCUT2D eigenvalue weighted by Crippen LogP contribution is -2.50. The van der Waals surface area contributed by atoms with Crippen molar-refractivity contribution in [3.8, 4) is 0 Å². The van der Waals surface area contributed by atoms with Crippen LogP contribution in [0.25, 0.3) is 0 Å². The Balaban J connectivity index is 1.80. The summed E-state index contributed by atoms with van der Waals surface area (Å²) in [7, 11) is 0. The van der Waals surface area contributed by atoms with Gasteiger partial charge >= 0.3 is 6.03 Å². The predicted octanol–water partition coefficient (Wildman–Crippen LogP) is 1.46. The summed E-state index contributed by atoms with van der Waals surface area (Å²) in [4.78, 5) is 20.5. The molecular formula is C16H26N4O2. The van der Waals surface area contributed by atoms with Crippen LogP contribution in [0.4, 0.5) is 10.6 Å². The molecule has 1 saturated heterocycles. The fraction of sp³-hybridized carbons (Fsp3) is 0.625. The number of aliphatic hydroxyl groups is 1. The molecule has 2 amide bonds. The molecule has 6 heteroatoms. The smallest absolute Gasteiger partial charge is 0.317 e. The predicted molar refractivity (Wildman–Crippen MR) is 87.0 cm³/mol. The maximum Gasteiger partial charge on any atom is 0.317 e. The third-order valence-corrected chi connectivity index (χ3v) is 3.95. The maximum atomic E-state index is 12.2. The molecule has 1 aliphatic rings. The molecule has 2 rings (SSSR count). The number of aromatic nitrogens is 1. The summed E-state index contributed by atoms with van der Waals surface area (Å²) >= 11 is 0. The van der Waals surface area contributed by atoms with E-state index in [2.05, 4.69) is 15.2 Å². The van der Waals surface area contributed by atoms with Crippen molar-refractivity contribution in [1.82, 2.24) is 15.2 Å². The van der Waals surface area contributed by atoms with Crippen molar-refractivity contribution in [3.63, 3.8) is 0 Å². The quantitative estimate of drug-likeness (QED) is 0.835. The minimum Gasteiger partial charge on any atom is -0.395 e. The van der Waals surface area contributed by atoms with Crippen molar-refractivity contribution in [1.29, 1.82) is 0 Å². The Kier molecular flexibility index (Phi) is 6.45. The number of piperidine rings is 1. The van der Waals surface area contributed by atoms with Gasteiger partial charge in [-0.2, -0.15) is 0 Å².